The van der Waals surface area contributed by atoms with Crippen molar-refractivity contribution in [3.63, 3.8) is 0 Å². The fourth-order valence-corrected chi connectivity index (χ4v) is 8.99. The number of aliphatic hydroxyl groups excluding tert-OH is 7. The van der Waals surface area contributed by atoms with E-state index in [1.54, 1.807) is 0 Å². The third-order valence-corrected chi connectivity index (χ3v) is 13.7. The smallest absolute Gasteiger partial charge is 0.306 e. The molecule has 424 valence electrons. The van der Waals surface area contributed by atoms with E-state index in [4.69, 9.17) is 28.4 Å². The maximum absolute atomic E-state index is 13.0. The lowest BCUT2D eigenvalue weighted by Crippen LogP contribution is -2.61. The number of ether oxygens (including phenoxy) is 6. The zero-order chi connectivity index (χ0) is 53.2. The van der Waals surface area contributed by atoms with Crippen molar-refractivity contribution in [2.24, 2.45) is 0 Å². The van der Waals surface area contributed by atoms with Crippen LogP contribution in [-0.2, 0) is 38.0 Å². The van der Waals surface area contributed by atoms with E-state index in [1.165, 1.54) is 116 Å². The van der Waals surface area contributed by atoms with E-state index in [-0.39, 0.29) is 19.4 Å². The zero-order valence-corrected chi connectivity index (χ0v) is 45.1. The number of hydrogen-bond acceptors (Lipinski definition) is 15. The van der Waals surface area contributed by atoms with Gasteiger partial charge < -0.3 is 64.2 Å². The Morgan fingerprint density at radius 1 is 0.452 bits per heavy atom. The van der Waals surface area contributed by atoms with Crippen molar-refractivity contribution >= 4 is 11.9 Å². The van der Waals surface area contributed by atoms with Gasteiger partial charge in [-0.1, -0.05) is 217 Å². The fourth-order valence-electron chi connectivity index (χ4n) is 8.99. The molecule has 0 aliphatic carbocycles. The number of carbonyl (C=O) groups is 2. The molecule has 11 atom stereocenters. The number of allylic oxidation sites excluding steroid dienone is 8. The van der Waals surface area contributed by atoms with Crippen LogP contribution in [0.5, 0.6) is 0 Å². The molecule has 2 aliphatic heterocycles. The summed E-state index contributed by atoms with van der Waals surface area (Å²) in [6.45, 7) is 2.46. The van der Waals surface area contributed by atoms with E-state index in [9.17, 15) is 45.3 Å². The van der Waals surface area contributed by atoms with Crippen molar-refractivity contribution in [1.29, 1.82) is 0 Å². The topological polar surface area (TPSA) is 231 Å². The van der Waals surface area contributed by atoms with Crippen LogP contribution in [0.1, 0.15) is 213 Å². The van der Waals surface area contributed by atoms with Gasteiger partial charge in [-0.25, -0.2) is 0 Å². The predicted molar refractivity (Wildman–Crippen MR) is 284 cm³/mol. The standard InChI is InChI=1S/C58H102O15/c1-3-5-7-9-11-13-15-17-19-20-21-22-23-24-25-27-28-30-32-34-36-38-40-49(60)68-43-46(71-50(61)41-39-37-35-33-31-29-26-18-16-14-12-10-8-6-4-2)44-69-57-56(67)54(65)52(63)48(73-57)45-70-58-55(66)53(64)51(62)47(42-59)72-58/h6,8,10,12,14,16,18,26,46-48,51-59,62-67H,3-5,7,9,11,13,15,17,19-25,27-45H2,1-2H3/b8-6+,12-10+,16-14+,26-18+/t46-,47+,48+,51-,52-,53?,54?,55?,56?,57+,58+/m0/s1. The van der Waals surface area contributed by atoms with Crippen LogP contribution >= 0.6 is 0 Å². The number of hydrogen-bond donors (Lipinski definition) is 7. The molecule has 2 fully saturated rings. The highest BCUT2D eigenvalue weighted by molar-refractivity contribution is 5.70. The van der Waals surface area contributed by atoms with Gasteiger partial charge in [0, 0.05) is 12.8 Å². The number of carbonyl (C=O) groups excluding carboxylic acids is 2. The third-order valence-electron chi connectivity index (χ3n) is 13.7. The lowest BCUT2D eigenvalue weighted by atomic mass is 9.98. The van der Waals surface area contributed by atoms with E-state index < -0.39 is 99.3 Å². The molecule has 2 rings (SSSR count). The first-order valence-corrected chi connectivity index (χ1v) is 28.8. The van der Waals surface area contributed by atoms with Gasteiger partial charge in [0.2, 0.25) is 0 Å². The molecule has 4 unspecified atom stereocenters. The molecule has 2 saturated heterocycles. The Bertz CT molecular complexity index is 1450. The number of unbranched alkanes of at least 4 members (excludes halogenated alkanes) is 26. The largest absolute Gasteiger partial charge is 0.462 e. The average Bonchev–Trinajstić information content (AvgIpc) is 3.38. The Morgan fingerprint density at radius 3 is 1.36 bits per heavy atom. The van der Waals surface area contributed by atoms with Crippen LogP contribution in [0.15, 0.2) is 48.6 Å². The highest BCUT2D eigenvalue weighted by Gasteiger charge is 2.47. The summed E-state index contributed by atoms with van der Waals surface area (Å²) in [6, 6.07) is 0. The highest BCUT2D eigenvalue weighted by atomic mass is 16.7. The molecule has 15 heteroatoms. The van der Waals surface area contributed by atoms with Crippen molar-refractivity contribution in [1.82, 2.24) is 0 Å². The Morgan fingerprint density at radius 2 is 0.863 bits per heavy atom. The second-order valence-electron chi connectivity index (χ2n) is 20.2. The van der Waals surface area contributed by atoms with E-state index in [1.807, 2.05) is 36.5 Å². The summed E-state index contributed by atoms with van der Waals surface area (Å²) in [4.78, 5) is 25.9. The molecule has 0 radical (unpaired) electrons. The van der Waals surface area contributed by atoms with Crippen LogP contribution in [0.2, 0.25) is 0 Å². The molecule has 73 heavy (non-hydrogen) atoms. The van der Waals surface area contributed by atoms with Gasteiger partial charge >= 0.3 is 11.9 Å². The van der Waals surface area contributed by atoms with Crippen LogP contribution in [0.4, 0.5) is 0 Å². The SMILES string of the molecule is CC/C=C/C=C/C=C/C=C/CCCCCCCC(=O)O[C@@H](COC(=O)CCCCCCCCCCCCCCCCCCCCCCCC)CO[C@@H]1O[C@H](CO[C@@H]2O[C@H](CO)[C@H](O)C(O)C2O)[C@H](O)C(O)C1O. The van der Waals surface area contributed by atoms with Crippen LogP contribution in [-0.4, -0.2) is 142 Å². The molecule has 2 aliphatic rings. The van der Waals surface area contributed by atoms with Crippen LogP contribution in [0.25, 0.3) is 0 Å². The normalized spacial score (nSPS) is 25.2. The summed E-state index contributed by atoms with van der Waals surface area (Å²) >= 11 is 0. The van der Waals surface area contributed by atoms with Gasteiger partial charge in [0.05, 0.1) is 19.8 Å². The van der Waals surface area contributed by atoms with Crippen LogP contribution in [0, 0.1) is 0 Å². The highest BCUT2D eigenvalue weighted by Crippen LogP contribution is 2.27. The van der Waals surface area contributed by atoms with E-state index >= 15 is 0 Å². The second kappa shape index (κ2) is 44.6. The molecule has 0 aromatic rings. The molecule has 15 nitrogen and oxygen atoms in total. The van der Waals surface area contributed by atoms with Crippen LogP contribution in [0.3, 0.4) is 0 Å². The van der Waals surface area contributed by atoms with Gasteiger partial charge in [0.25, 0.3) is 0 Å². The minimum absolute atomic E-state index is 0.139. The summed E-state index contributed by atoms with van der Waals surface area (Å²) in [5, 5.41) is 72.2. The predicted octanol–water partition coefficient (Wildman–Crippen LogP) is 9.44. The molecule has 0 amide bonds. The summed E-state index contributed by atoms with van der Waals surface area (Å²) in [5.41, 5.74) is 0. The molecule has 0 aromatic heterocycles. The van der Waals surface area contributed by atoms with Gasteiger partial charge in [0.15, 0.2) is 18.7 Å². The van der Waals surface area contributed by atoms with Crippen molar-refractivity contribution in [2.45, 2.75) is 280 Å². The third kappa shape index (κ3) is 32.0. The maximum Gasteiger partial charge on any atom is 0.306 e. The molecule has 0 aromatic carbocycles. The molecule has 2 heterocycles. The minimum Gasteiger partial charge on any atom is -0.462 e. The lowest BCUT2D eigenvalue weighted by Gasteiger charge is -2.42. The van der Waals surface area contributed by atoms with Crippen LogP contribution < -0.4 is 0 Å². The van der Waals surface area contributed by atoms with Gasteiger partial charge in [0.1, 0.15) is 55.4 Å². The number of rotatable bonds is 45. The second-order valence-corrected chi connectivity index (χ2v) is 20.2. The Balaban J connectivity index is 1.74. The quantitative estimate of drug-likeness (QED) is 0.0171. The van der Waals surface area contributed by atoms with E-state index in [0.717, 1.165) is 57.8 Å². The maximum atomic E-state index is 13.0. The van der Waals surface area contributed by atoms with Gasteiger partial charge in [-0.3, -0.25) is 9.59 Å². The summed E-state index contributed by atoms with van der Waals surface area (Å²) in [7, 11) is 0. The first-order chi connectivity index (χ1) is 35.5. The first kappa shape index (κ1) is 66.6. The van der Waals surface area contributed by atoms with Crippen molar-refractivity contribution in [2.75, 3.05) is 26.4 Å². The Hall–Kier alpha value is -2.54. The Labute approximate surface area is 439 Å². The summed E-state index contributed by atoms with van der Waals surface area (Å²) in [6.07, 6.45) is 34.3. The Kier molecular flexibility index (Phi) is 40.6. The molecule has 0 spiro atoms. The average molecular weight is 1040 g/mol. The molecular formula is C58H102O15. The van der Waals surface area contributed by atoms with Crippen molar-refractivity contribution in [3.8, 4) is 0 Å². The van der Waals surface area contributed by atoms with E-state index in [0.29, 0.717) is 12.8 Å². The molecule has 0 saturated carbocycles. The first-order valence-electron chi connectivity index (χ1n) is 28.8. The molecule has 7 N–H and O–H groups in total. The fraction of sp³-hybridized carbons (Fsp3) is 0.828. The van der Waals surface area contributed by atoms with Gasteiger partial charge in [-0.15, -0.1) is 0 Å². The van der Waals surface area contributed by atoms with Gasteiger partial charge in [-0.05, 0) is 32.1 Å². The number of aliphatic hydroxyl groups is 7. The van der Waals surface area contributed by atoms with E-state index in [2.05, 4.69) is 26.0 Å². The summed E-state index contributed by atoms with van der Waals surface area (Å²) in [5.74, 6) is -0.945. The summed E-state index contributed by atoms with van der Waals surface area (Å²) < 4.78 is 33.6. The molecule has 0 bridgehead atoms. The molecular weight excluding hydrogens is 937 g/mol. The lowest BCUT2D eigenvalue weighted by molar-refractivity contribution is -0.332. The zero-order valence-electron chi connectivity index (χ0n) is 45.1. The minimum atomic E-state index is -1.77. The monoisotopic (exact) mass is 1040 g/mol. The van der Waals surface area contributed by atoms with Gasteiger partial charge in [-0.2, -0.15) is 0 Å². The number of esters is 2. The van der Waals surface area contributed by atoms with Crippen molar-refractivity contribution < 1.29 is 73.8 Å². The van der Waals surface area contributed by atoms with Crippen molar-refractivity contribution in [3.05, 3.63) is 48.6 Å².